The number of rotatable bonds is 8. The van der Waals surface area contributed by atoms with Crippen LogP contribution in [0.4, 0.5) is 0 Å². The molecule has 30 heavy (non-hydrogen) atoms. The highest BCUT2D eigenvalue weighted by molar-refractivity contribution is 5.77. The molecule has 0 radical (unpaired) electrons. The number of fused-ring (bicyclic) bond motifs is 1. The zero-order valence-electron chi connectivity index (χ0n) is 17.5. The normalized spacial score (nSPS) is 14.7. The van der Waals surface area contributed by atoms with Gasteiger partial charge in [0, 0.05) is 0 Å². The average Bonchev–Trinajstić information content (AvgIpc) is 2.78. The molecule has 0 atom stereocenters. The highest BCUT2D eigenvalue weighted by Gasteiger charge is 2.16. The summed E-state index contributed by atoms with van der Waals surface area (Å²) in [5.74, 6) is 2.40. The fraction of sp³-hybridized carbons (Fsp3) is 0.417. The molecule has 0 spiro atoms. The van der Waals surface area contributed by atoms with Crippen molar-refractivity contribution in [1.29, 1.82) is 0 Å². The van der Waals surface area contributed by atoms with Crippen molar-refractivity contribution in [2.24, 2.45) is 0 Å². The summed E-state index contributed by atoms with van der Waals surface area (Å²) in [6, 6.07) is 15.1. The van der Waals surface area contributed by atoms with E-state index in [0.29, 0.717) is 31.7 Å². The fourth-order valence-corrected chi connectivity index (χ4v) is 3.94. The first kappa shape index (κ1) is 20.4. The maximum atomic E-state index is 13.2. The lowest BCUT2D eigenvalue weighted by atomic mass is 10.1. The highest BCUT2D eigenvalue weighted by Crippen LogP contribution is 2.18. The first-order valence-electron chi connectivity index (χ1n) is 10.8. The maximum Gasteiger partial charge on any atom is 0.261 e. The molecule has 0 saturated carbocycles. The van der Waals surface area contributed by atoms with Crippen LogP contribution in [0.25, 0.3) is 10.9 Å². The van der Waals surface area contributed by atoms with E-state index < -0.39 is 0 Å². The first-order chi connectivity index (χ1) is 14.7. The third kappa shape index (κ3) is 4.82. The monoisotopic (exact) mass is 407 g/mol. The zero-order valence-corrected chi connectivity index (χ0v) is 17.5. The molecular formula is C24H29N3O3. The Morgan fingerprint density at radius 1 is 0.933 bits per heavy atom. The Labute approximate surface area is 177 Å². The number of para-hydroxylation sites is 1. The van der Waals surface area contributed by atoms with Crippen molar-refractivity contribution in [3.8, 4) is 11.5 Å². The van der Waals surface area contributed by atoms with Crippen LogP contribution in [0.1, 0.15) is 32.0 Å². The lowest BCUT2D eigenvalue weighted by Gasteiger charge is -2.27. The Hall–Kier alpha value is -2.86. The summed E-state index contributed by atoms with van der Waals surface area (Å²) >= 11 is 0. The number of hydrogen-bond acceptors (Lipinski definition) is 5. The summed E-state index contributed by atoms with van der Waals surface area (Å²) in [7, 11) is 0. The van der Waals surface area contributed by atoms with Crippen molar-refractivity contribution in [3.05, 3.63) is 64.7 Å². The first-order valence-corrected chi connectivity index (χ1v) is 10.8. The molecular weight excluding hydrogens is 378 g/mol. The minimum Gasteiger partial charge on any atom is -0.494 e. The van der Waals surface area contributed by atoms with Gasteiger partial charge in [0.2, 0.25) is 0 Å². The van der Waals surface area contributed by atoms with Crippen molar-refractivity contribution in [3.63, 3.8) is 0 Å². The molecule has 0 N–H and O–H groups in total. The lowest BCUT2D eigenvalue weighted by Crippen LogP contribution is -2.34. The van der Waals surface area contributed by atoms with Gasteiger partial charge in [-0.15, -0.1) is 0 Å². The van der Waals surface area contributed by atoms with Crippen LogP contribution in [0.15, 0.2) is 53.3 Å². The number of piperidine rings is 1. The Kier molecular flexibility index (Phi) is 6.64. The van der Waals surface area contributed by atoms with E-state index in [9.17, 15) is 4.79 Å². The number of likely N-dealkylation sites (tertiary alicyclic amines) is 1. The lowest BCUT2D eigenvalue weighted by molar-refractivity contribution is 0.209. The van der Waals surface area contributed by atoms with Crippen molar-refractivity contribution in [1.82, 2.24) is 14.5 Å². The summed E-state index contributed by atoms with van der Waals surface area (Å²) in [6.07, 6.45) is 3.70. The van der Waals surface area contributed by atoms with Gasteiger partial charge in [-0.25, -0.2) is 4.98 Å². The van der Waals surface area contributed by atoms with Crippen LogP contribution in [0.5, 0.6) is 11.5 Å². The third-order valence-corrected chi connectivity index (χ3v) is 5.47. The van der Waals surface area contributed by atoms with Gasteiger partial charge in [0.15, 0.2) is 0 Å². The molecule has 1 saturated heterocycles. The minimum absolute atomic E-state index is 0.00269. The van der Waals surface area contributed by atoms with Crippen molar-refractivity contribution in [2.75, 3.05) is 26.3 Å². The number of aromatic nitrogens is 2. The molecule has 2 aromatic carbocycles. The SMILES string of the molecule is CCOc1ccc(OCCn2c(CN3CCCCC3)nc3ccccc3c2=O)cc1. The second kappa shape index (κ2) is 9.76. The Balaban J connectivity index is 1.52. The second-order valence-corrected chi connectivity index (χ2v) is 7.59. The fourth-order valence-electron chi connectivity index (χ4n) is 3.94. The Morgan fingerprint density at radius 3 is 2.37 bits per heavy atom. The summed E-state index contributed by atoms with van der Waals surface area (Å²) < 4.78 is 13.1. The van der Waals surface area contributed by atoms with Gasteiger partial charge >= 0.3 is 0 Å². The van der Waals surface area contributed by atoms with Crippen LogP contribution >= 0.6 is 0 Å². The van der Waals surface area contributed by atoms with E-state index in [1.807, 2.05) is 55.5 Å². The van der Waals surface area contributed by atoms with Gasteiger partial charge in [0.25, 0.3) is 5.56 Å². The Bertz CT molecular complexity index is 1020. The van der Waals surface area contributed by atoms with Crippen LogP contribution in [0.3, 0.4) is 0 Å². The summed E-state index contributed by atoms with van der Waals surface area (Å²) in [5.41, 5.74) is 0.765. The van der Waals surface area contributed by atoms with Crippen LogP contribution in [0, 0.1) is 0 Å². The van der Waals surface area contributed by atoms with E-state index >= 15 is 0 Å². The third-order valence-electron chi connectivity index (χ3n) is 5.47. The maximum absolute atomic E-state index is 13.2. The molecule has 4 rings (SSSR count). The topological polar surface area (TPSA) is 56.6 Å². The van der Waals surface area contributed by atoms with Crippen LogP contribution in [-0.2, 0) is 13.1 Å². The number of hydrogen-bond donors (Lipinski definition) is 0. The van der Waals surface area contributed by atoms with Crippen molar-refractivity contribution < 1.29 is 9.47 Å². The Morgan fingerprint density at radius 2 is 1.63 bits per heavy atom. The molecule has 158 valence electrons. The average molecular weight is 408 g/mol. The zero-order chi connectivity index (χ0) is 20.8. The van der Waals surface area contributed by atoms with E-state index in [1.54, 1.807) is 4.57 Å². The molecule has 0 amide bonds. The summed E-state index contributed by atoms with van der Waals surface area (Å²) in [6.45, 7) is 6.28. The predicted molar refractivity (Wildman–Crippen MR) is 118 cm³/mol. The molecule has 1 fully saturated rings. The van der Waals surface area contributed by atoms with E-state index in [0.717, 1.165) is 35.9 Å². The van der Waals surface area contributed by atoms with Gasteiger partial charge in [-0.3, -0.25) is 14.3 Å². The van der Waals surface area contributed by atoms with E-state index in [4.69, 9.17) is 14.5 Å². The summed E-state index contributed by atoms with van der Waals surface area (Å²) in [5, 5.41) is 0.654. The van der Waals surface area contributed by atoms with Crippen molar-refractivity contribution >= 4 is 10.9 Å². The van der Waals surface area contributed by atoms with E-state index in [1.165, 1.54) is 19.3 Å². The largest absolute Gasteiger partial charge is 0.494 e. The minimum atomic E-state index is 0.00269. The predicted octanol–water partition coefficient (Wildman–Crippen LogP) is 3.86. The molecule has 0 aliphatic carbocycles. The standard InChI is InChI=1S/C24H29N3O3/c1-2-29-19-10-12-20(13-11-19)30-17-16-27-23(18-26-14-6-3-7-15-26)25-22-9-5-4-8-21(22)24(27)28/h4-5,8-13H,2-3,6-7,14-18H2,1H3. The summed E-state index contributed by atoms with van der Waals surface area (Å²) in [4.78, 5) is 20.4. The molecule has 6 nitrogen and oxygen atoms in total. The molecule has 0 unspecified atom stereocenters. The molecule has 1 aromatic heterocycles. The smallest absolute Gasteiger partial charge is 0.261 e. The molecule has 3 aromatic rings. The molecule has 6 heteroatoms. The second-order valence-electron chi connectivity index (χ2n) is 7.59. The molecule has 2 heterocycles. The van der Waals surface area contributed by atoms with Gasteiger partial charge in [-0.2, -0.15) is 0 Å². The molecule has 1 aliphatic rings. The quantitative estimate of drug-likeness (QED) is 0.568. The van der Waals surface area contributed by atoms with Gasteiger partial charge < -0.3 is 9.47 Å². The van der Waals surface area contributed by atoms with E-state index in [2.05, 4.69) is 4.90 Å². The number of ether oxygens (including phenoxy) is 2. The molecule has 1 aliphatic heterocycles. The van der Waals surface area contributed by atoms with Gasteiger partial charge in [-0.1, -0.05) is 18.6 Å². The van der Waals surface area contributed by atoms with Gasteiger partial charge in [0.1, 0.15) is 23.9 Å². The van der Waals surface area contributed by atoms with Crippen LogP contribution < -0.4 is 15.0 Å². The van der Waals surface area contributed by atoms with Crippen molar-refractivity contribution in [2.45, 2.75) is 39.3 Å². The van der Waals surface area contributed by atoms with E-state index in [-0.39, 0.29) is 5.56 Å². The van der Waals surface area contributed by atoms with Crippen LogP contribution in [-0.4, -0.2) is 40.8 Å². The highest BCUT2D eigenvalue weighted by atomic mass is 16.5. The van der Waals surface area contributed by atoms with Gasteiger partial charge in [-0.05, 0) is 69.3 Å². The molecule has 0 bridgehead atoms. The number of benzene rings is 2. The van der Waals surface area contributed by atoms with Crippen LogP contribution in [0.2, 0.25) is 0 Å². The number of nitrogens with zero attached hydrogens (tertiary/aromatic N) is 3. The van der Waals surface area contributed by atoms with Gasteiger partial charge in [0.05, 0.1) is 30.6 Å².